The zero-order valence-electron chi connectivity index (χ0n) is 12.0. The Labute approximate surface area is 122 Å². The first-order chi connectivity index (χ1) is 10.2. The molecule has 0 saturated carbocycles. The number of hydrogen-bond donors (Lipinski definition) is 1. The third-order valence-corrected chi connectivity index (χ3v) is 4.14. The maximum atomic E-state index is 14.5. The highest BCUT2D eigenvalue weighted by molar-refractivity contribution is 5.81. The molecule has 0 bridgehead atoms. The van der Waals surface area contributed by atoms with Crippen molar-refractivity contribution in [2.24, 2.45) is 0 Å². The molecule has 0 fully saturated rings. The summed E-state index contributed by atoms with van der Waals surface area (Å²) in [6, 6.07) is 9.83. The first kappa shape index (κ1) is 14.2. The molecule has 0 aliphatic heterocycles. The van der Waals surface area contributed by atoms with Crippen LogP contribution < -0.4 is 5.32 Å². The van der Waals surface area contributed by atoms with Gasteiger partial charge in [-0.3, -0.25) is 0 Å². The van der Waals surface area contributed by atoms with Crippen LogP contribution in [0, 0.1) is 11.6 Å². The van der Waals surface area contributed by atoms with Gasteiger partial charge in [-0.15, -0.1) is 0 Å². The van der Waals surface area contributed by atoms with Gasteiger partial charge in [-0.25, -0.2) is 8.78 Å². The zero-order valence-corrected chi connectivity index (χ0v) is 12.0. The summed E-state index contributed by atoms with van der Waals surface area (Å²) in [6.45, 7) is 0.623. The molecule has 0 radical (unpaired) electrons. The van der Waals surface area contributed by atoms with Crippen LogP contribution in [0.4, 0.5) is 8.78 Å². The summed E-state index contributed by atoms with van der Waals surface area (Å²) < 4.78 is 34.4. The van der Waals surface area contributed by atoms with Crippen LogP contribution in [0.1, 0.15) is 11.1 Å². The van der Waals surface area contributed by atoms with Crippen LogP contribution in [-0.2, 0) is 10.2 Å². The number of hydrogen-bond acceptors (Lipinski definition) is 2. The fourth-order valence-corrected chi connectivity index (χ4v) is 3.52. The van der Waals surface area contributed by atoms with E-state index < -0.39 is 5.41 Å². The van der Waals surface area contributed by atoms with E-state index in [-0.39, 0.29) is 18.2 Å². The van der Waals surface area contributed by atoms with E-state index in [9.17, 15) is 8.78 Å². The molecule has 0 heterocycles. The van der Waals surface area contributed by atoms with Gasteiger partial charge < -0.3 is 10.1 Å². The molecule has 2 aromatic carbocycles. The number of halogens is 2. The summed E-state index contributed by atoms with van der Waals surface area (Å²) in [7, 11) is 3.33. The monoisotopic (exact) mass is 289 g/mol. The molecule has 1 aliphatic rings. The van der Waals surface area contributed by atoms with Crippen molar-refractivity contribution in [3.8, 4) is 11.1 Å². The fraction of sp³-hybridized carbons (Fsp3) is 0.294. The van der Waals surface area contributed by atoms with Crippen molar-refractivity contribution in [2.75, 3.05) is 27.3 Å². The SMILES string of the molecule is CNCC1(COC)c2c(F)cccc2-c2cccc(F)c21. The van der Waals surface area contributed by atoms with Crippen LogP contribution in [0.5, 0.6) is 0 Å². The Morgan fingerprint density at radius 3 is 1.95 bits per heavy atom. The minimum Gasteiger partial charge on any atom is -0.383 e. The van der Waals surface area contributed by atoms with Gasteiger partial charge in [0.05, 0.1) is 12.0 Å². The third kappa shape index (κ3) is 1.90. The van der Waals surface area contributed by atoms with Crippen LogP contribution in [-0.4, -0.2) is 27.3 Å². The first-order valence-corrected chi connectivity index (χ1v) is 6.87. The van der Waals surface area contributed by atoms with Gasteiger partial charge in [-0.2, -0.15) is 0 Å². The predicted octanol–water partition coefficient (Wildman–Crippen LogP) is 3.10. The van der Waals surface area contributed by atoms with E-state index in [4.69, 9.17) is 4.74 Å². The standard InChI is InChI=1S/C17H17F2NO/c1-20-9-17(10-21-2)15-11(5-3-7-13(15)18)12-6-4-8-14(19)16(12)17/h3-8,20H,9-10H2,1-2H3. The van der Waals surface area contributed by atoms with Crippen LogP contribution >= 0.6 is 0 Å². The maximum Gasteiger partial charge on any atom is 0.128 e. The quantitative estimate of drug-likeness (QED) is 0.934. The molecule has 2 aromatic rings. The highest BCUT2D eigenvalue weighted by atomic mass is 19.1. The summed E-state index contributed by atoms with van der Waals surface area (Å²) in [6.07, 6.45) is 0. The van der Waals surface area contributed by atoms with E-state index >= 15 is 0 Å². The largest absolute Gasteiger partial charge is 0.383 e. The average Bonchev–Trinajstić information content (AvgIpc) is 2.73. The Morgan fingerprint density at radius 2 is 1.52 bits per heavy atom. The lowest BCUT2D eigenvalue weighted by atomic mass is 9.78. The highest BCUT2D eigenvalue weighted by Crippen LogP contribution is 2.50. The van der Waals surface area contributed by atoms with Gasteiger partial charge in [0, 0.05) is 24.8 Å². The molecule has 1 N–H and O–H groups in total. The van der Waals surface area contributed by atoms with Gasteiger partial charge in [0.1, 0.15) is 11.6 Å². The van der Waals surface area contributed by atoms with Gasteiger partial charge in [0.15, 0.2) is 0 Å². The molecule has 1 aliphatic carbocycles. The molecular weight excluding hydrogens is 272 g/mol. The number of benzene rings is 2. The Balaban J connectivity index is 2.39. The first-order valence-electron chi connectivity index (χ1n) is 6.87. The van der Waals surface area contributed by atoms with Gasteiger partial charge in [-0.05, 0) is 30.3 Å². The van der Waals surface area contributed by atoms with Crippen molar-refractivity contribution in [3.63, 3.8) is 0 Å². The van der Waals surface area contributed by atoms with Gasteiger partial charge in [-0.1, -0.05) is 24.3 Å². The van der Waals surface area contributed by atoms with E-state index in [1.54, 1.807) is 26.3 Å². The van der Waals surface area contributed by atoms with Crippen molar-refractivity contribution < 1.29 is 13.5 Å². The topological polar surface area (TPSA) is 21.3 Å². The van der Waals surface area contributed by atoms with Crippen LogP contribution in [0.15, 0.2) is 36.4 Å². The van der Waals surface area contributed by atoms with E-state index in [0.29, 0.717) is 17.7 Å². The van der Waals surface area contributed by atoms with Crippen molar-refractivity contribution in [3.05, 3.63) is 59.2 Å². The van der Waals surface area contributed by atoms with Crippen LogP contribution in [0.25, 0.3) is 11.1 Å². The van der Waals surface area contributed by atoms with Crippen molar-refractivity contribution in [2.45, 2.75) is 5.41 Å². The summed E-state index contributed by atoms with van der Waals surface area (Å²) in [5.41, 5.74) is 1.68. The van der Waals surface area contributed by atoms with Crippen molar-refractivity contribution in [1.29, 1.82) is 0 Å². The number of likely N-dealkylation sites (N-methyl/N-ethyl adjacent to an activating group) is 1. The average molecular weight is 289 g/mol. The van der Waals surface area contributed by atoms with Gasteiger partial charge in [0.25, 0.3) is 0 Å². The lowest BCUT2D eigenvalue weighted by Gasteiger charge is -2.31. The van der Waals surface area contributed by atoms with E-state index in [0.717, 1.165) is 11.1 Å². The van der Waals surface area contributed by atoms with E-state index in [2.05, 4.69) is 5.32 Å². The molecule has 0 spiro atoms. The number of ether oxygens (including phenoxy) is 1. The molecule has 0 atom stereocenters. The number of rotatable bonds is 4. The lowest BCUT2D eigenvalue weighted by molar-refractivity contribution is 0.145. The molecule has 0 unspecified atom stereocenters. The molecule has 4 heteroatoms. The molecule has 0 saturated heterocycles. The Morgan fingerprint density at radius 1 is 1.00 bits per heavy atom. The summed E-state index contributed by atoms with van der Waals surface area (Å²) >= 11 is 0. The third-order valence-electron chi connectivity index (χ3n) is 4.14. The molecular formula is C17H17F2NO. The minimum atomic E-state index is -0.842. The predicted molar refractivity (Wildman–Crippen MR) is 78.4 cm³/mol. The van der Waals surface area contributed by atoms with Gasteiger partial charge >= 0.3 is 0 Å². The molecule has 0 aromatic heterocycles. The Kier molecular flexibility index (Phi) is 3.51. The fourth-order valence-electron chi connectivity index (χ4n) is 3.52. The van der Waals surface area contributed by atoms with Crippen molar-refractivity contribution in [1.82, 2.24) is 5.32 Å². The second kappa shape index (κ2) is 5.20. The summed E-state index contributed by atoms with van der Waals surface area (Å²) in [5, 5.41) is 3.06. The van der Waals surface area contributed by atoms with E-state index in [1.807, 2.05) is 12.1 Å². The number of fused-ring (bicyclic) bond motifs is 3. The molecule has 0 amide bonds. The second-order valence-electron chi connectivity index (χ2n) is 5.37. The van der Waals surface area contributed by atoms with Crippen LogP contribution in [0.3, 0.4) is 0 Å². The maximum absolute atomic E-state index is 14.5. The van der Waals surface area contributed by atoms with Crippen molar-refractivity contribution >= 4 is 0 Å². The van der Waals surface area contributed by atoms with Crippen LogP contribution in [0.2, 0.25) is 0 Å². The minimum absolute atomic E-state index is 0.218. The Hall–Kier alpha value is -1.78. The lowest BCUT2D eigenvalue weighted by Crippen LogP contribution is -2.41. The summed E-state index contributed by atoms with van der Waals surface area (Å²) in [4.78, 5) is 0. The zero-order chi connectivity index (χ0) is 15.0. The number of nitrogens with one attached hydrogen (secondary N) is 1. The smallest absolute Gasteiger partial charge is 0.128 e. The Bertz CT molecular complexity index is 625. The van der Waals surface area contributed by atoms with E-state index in [1.165, 1.54) is 12.1 Å². The normalized spacial score (nSPS) is 14.9. The molecule has 110 valence electrons. The summed E-state index contributed by atoms with van der Waals surface area (Å²) in [5.74, 6) is -0.647. The molecule has 2 nitrogen and oxygen atoms in total. The molecule has 3 rings (SSSR count). The number of methoxy groups -OCH3 is 1. The highest BCUT2D eigenvalue weighted by Gasteiger charge is 2.46. The van der Waals surface area contributed by atoms with Gasteiger partial charge in [0.2, 0.25) is 0 Å². The molecule has 21 heavy (non-hydrogen) atoms. The second-order valence-corrected chi connectivity index (χ2v) is 5.37.